The molecular weight excluding hydrogens is 301 g/mol. The zero-order valence-electron chi connectivity index (χ0n) is 12.6. The number of carbonyl (C=O) groups is 2. The standard InChI is InChI=1S/C16H16FN3O3/c1-10-9-11(17)4-5-13(10)20-8-6-12(18-20)15(21)19-7-2-3-14(19)16(22)23/h4-6,8-9,14H,2-3,7H2,1H3,(H,22,23)/t14-/m0/s1. The quantitative estimate of drug-likeness (QED) is 0.939. The molecule has 1 saturated heterocycles. The number of likely N-dealkylation sites (tertiary alicyclic amines) is 1. The Labute approximate surface area is 132 Å². The van der Waals surface area contributed by atoms with Gasteiger partial charge in [-0.15, -0.1) is 0 Å². The first-order valence-corrected chi connectivity index (χ1v) is 7.33. The van der Waals surface area contributed by atoms with Gasteiger partial charge in [-0.05, 0) is 49.6 Å². The van der Waals surface area contributed by atoms with Gasteiger partial charge in [-0.2, -0.15) is 5.10 Å². The number of rotatable bonds is 3. The minimum absolute atomic E-state index is 0.182. The molecule has 0 bridgehead atoms. The van der Waals surface area contributed by atoms with Crippen molar-refractivity contribution in [1.29, 1.82) is 0 Å². The number of carboxylic acid groups (broad SMARTS) is 1. The van der Waals surface area contributed by atoms with Gasteiger partial charge >= 0.3 is 5.97 Å². The third kappa shape index (κ3) is 2.81. The van der Waals surface area contributed by atoms with Crippen LogP contribution < -0.4 is 0 Å². The van der Waals surface area contributed by atoms with Crippen LogP contribution in [0.2, 0.25) is 0 Å². The Kier molecular flexibility index (Phi) is 3.85. The highest BCUT2D eigenvalue weighted by Crippen LogP contribution is 2.21. The number of hydrogen-bond donors (Lipinski definition) is 1. The lowest BCUT2D eigenvalue weighted by atomic mass is 10.2. The SMILES string of the molecule is Cc1cc(F)ccc1-n1ccc(C(=O)N2CCC[C@H]2C(=O)O)n1. The Morgan fingerprint density at radius 2 is 2.13 bits per heavy atom. The van der Waals surface area contributed by atoms with E-state index in [0.29, 0.717) is 30.6 Å². The summed E-state index contributed by atoms with van der Waals surface area (Å²) in [5.74, 6) is -1.73. The molecule has 1 N–H and O–H groups in total. The first-order chi connectivity index (χ1) is 11.0. The van der Waals surface area contributed by atoms with Crippen molar-refractivity contribution in [1.82, 2.24) is 14.7 Å². The van der Waals surface area contributed by atoms with E-state index in [1.165, 1.54) is 21.7 Å². The third-order valence-electron chi connectivity index (χ3n) is 4.01. The highest BCUT2D eigenvalue weighted by atomic mass is 19.1. The van der Waals surface area contributed by atoms with Gasteiger partial charge in [0.15, 0.2) is 5.69 Å². The molecule has 1 amide bonds. The lowest BCUT2D eigenvalue weighted by molar-refractivity contribution is -0.141. The molecule has 1 aliphatic rings. The zero-order chi connectivity index (χ0) is 16.6. The molecule has 0 saturated carbocycles. The molecule has 3 rings (SSSR count). The molecule has 0 radical (unpaired) electrons. The number of carbonyl (C=O) groups excluding carboxylic acids is 1. The van der Waals surface area contributed by atoms with E-state index in [2.05, 4.69) is 5.10 Å². The number of nitrogens with zero attached hydrogens (tertiary/aromatic N) is 3. The van der Waals surface area contributed by atoms with Crippen molar-refractivity contribution in [2.75, 3.05) is 6.54 Å². The first kappa shape index (κ1) is 15.2. The predicted molar refractivity (Wildman–Crippen MR) is 80.0 cm³/mol. The van der Waals surface area contributed by atoms with E-state index in [1.807, 2.05) is 0 Å². The average molecular weight is 317 g/mol. The molecule has 1 fully saturated rings. The maximum absolute atomic E-state index is 13.2. The Morgan fingerprint density at radius 1 is 1.35 bits per heavy atom. The first-order valence-electron chi connectivity index (χ1n) is 7.33. The minimum Gasteiger partial charge on any atom is -0.480 e. The van der Waals surface area contributed by atoms with Gasteiger partial charge in [0.25, 0.3) is 5.91 Å². The Bertz CT molecular complexity index is 772. The molecule has 1 aliphatic heterocycles. The third-order valence-corrected chi connectivity index (χ3v) is 4.01. The summed E-state index contributed by atoms with van der Waals surface area (Å²) < 4.78 is 14.7. The van der Waals surface area contributed by atoms with Crippen molar-refractivity contribution < 1.29 is 19.1 Å². The Balaban J connectivity index is 1.87. The van der Waals surface area contributed by atoms with Gasteiger partial charge in [0, 0.05) is 12.7 Å². The highest BCUT2D eigenvalue weighted by Gasteiger charge is 2.35. The maximum atomic E-state index is 13.2. The lowest BCUT2D eigenvalue weighted by Crippen LogP contribution is -2.40. The molecule has 2 aromatic rings. The van der Waals surface area contributed by atoms with Crippen LogP contribution in [-0.4, -0.2) is 44.3 Å². The van der Waals surface area contributed by atoms with Crippen LogP contribution in [-0.2, 0) is 4.79 Å². The molecule has 1 aromatic heterocycles. The van der Waals surface area contributed by atoms with E-state index in [9.17, 15) is 19.1 Å². The summed E-state index contributed by atoms with van der Waals surface area (Å²) in [6.45, 7) is 2.17. The van der Waals surface area contributed by atoms with Gasteiger partial charge in [-0.25, -0.2) is 13.9 Å². The largest absolute Gasteiger partial charge is 0.480 e. The number of aromatic nitrogens is 2. The fourth-order valence-corrected chi connectivity index (χ4v) is 2.86. The zero-order valence-corrected chi connectivity index (χ0v) is 12.6. The predicted octanol–water partition coefficient (Wildman–Crippen LogP) is 2.01. The van der Waals surface area contributed by atoms with Gasteiger partial charge < -0.3 is 10.0 Å². The fraction of sp³-hybridized carbons (Fsp3) is 0.312. The second-order valence-corrected chi connectivity index (χ2v) is 5.57. The van der Waals surface area contributed by atoms with E-state index in [1.54, 1.807) is 25.3 Å². The van der Waals surface area contributed by atoms with Gasteiger partial charge in [-0.3, -0.25) is 4.79 Å². The lowest BCUT2D eigenvalue weighted by Gasteiger charge is -2.20. The van der Waals surface area contributed by atoms with Crippen LogP contribution in [0.4, 0.5) is 4.39 Å². The Hall–Kier alpha value is -2.70. The number of aryl methyl sites for hydroxylation is 1. The topological polar surface area (TPSA) is 75.4 Å². The molecule has 120 valence electrons. The molecule has 6 nitrogen and oxygen atoms in total. The summed E-state index contributed by atoms with van der Waals surface area (Å²) in [6.07, 6.45) is 2.73. The van der Waals surface area contributed by atoms with Crippen LogP contribution in [0.25, 0.3) is 5.69 Å². The number of amides is 1. The van der Waals surface area contributed by atoms with Crippen molar-refractivity contribution in [3.05, 3.63) is 47.5 Å². The van der Waals surface area contributed by atoms with Gasteiger partial charge in [0.1, 0.15) is 11.9 Å². The summed E-state index contributed by atoms with van der Waals surface area (Å²) in [5.41, 5.74) is 1.54. The van der Waals surface area contributed by atoms with E-state index in [0.717, 1.165) is 0 Å². The molecule has 0 spiro atoms. The van der Waals surface area contributed by atoms with Crippen molar-refractivity contribution in [3.63, 3.8) is 0 Å². The van der Waals surface area contributed by atoms with E-state index in [-0.39, 0.29) is 11.5 Å². The second kappa shape index (κ2) is 5.83. The van der Waals surface area contributed by atoms with Gasteiger partial charge in [0.05, 0.1) is 5.69 Å². The van der Waals surface area contributed by atoms with Crippen LogP contribution in [0, 0.1) is 12.7 Å². The van der Waals surface area contributed by atoms with Crippen molar-refractivity contribution in [2.45, 2.75) is 25.8 Å². The fourth-order valence-electron chi connectivity index (χ4n) is 2.86. The Morgan fingerprint density at radius 3 is 2.83 bits per heavy atom. The van der Waals surface area contributed by atoms with Crippen LogP contribution in [0.15, 0.2) is 30.5 Å². The number of carboxylic acids is 1. The molecule has 23 heavy (non-hydrogen) atoms. The maximum Gasteiger partial charge on any atom is 0.326 e. The van der Waals surface area contributed by atoms with Crippen molar-refractivity contribution in [2.24, 2.45) is 0 Å². The summed E-state index contributed by atoms with van der Waals surface area (Å²) in [7, 11) is 0. The molecule has 2 heterocycles. The molecule has 1 atom stereocenters. The number of hydrogen-bond acceptors (Lipinski definition) is 3. The molecule has 7 heteroatoms. The molecule has 0 unspecified atom stereocenters. The monoisotopic (exact) mass is 317 g/mol. The normalized spacial score (nSPS) is 17.5. The molecule has 1 aromatic carbocycles. The molecular formula is C16H16FN3O3. The van der Waals surface area contributed by atoms with Gasteiger partial charge in [-0.1, -0.05) is 0 Å². The highest BCUT2D eigenvalue weighted by molar-refractivity contribution is 5.95. The molecule has 0 aliphatic carbocycles. The number of benzene rings is 1. The summed E-state index contributed by atoms with van der Waals surface area (Å²) in [5, 5.41) is 13.4. The average Bonchev–Trinajstić information content (AvgIpc) is 3.16. The van der Waals surface area contributed by atoms with Crippen LogP contribution >= 0.6 is 0 Å². The summed E-state index contributed by atoms with van der Waals surface area (Å²) >= 11 is 0. The minimum atomic E-state index is -0.996. The van der Waals surface area contributed by atoms with Crippen molar-refractivity contribution >= 4 is 11.9 Å². The summed E-state index contributed by atoms with van der Waals surface area (Å²) in [4.78, 5) is 25.0. The van der Waals surface area contributed by atoms with Crippen LogP contribution in [0.1, 0.15) is 28.9 Å². The number of aliphatic carboxylic acids is 1. The summed E-state index contributed by atoms with van der Waals surface area (Å²) in [6, 6.07) is 5.05. The smallest absolute Gasteiger partial charge is 0.326 e. The van der Waals surface area contributed by atoms with Gasteiger partial charge in [0.2, 0.25) is 0 Å². The number of halogens is 1. The van der Waals surface area contributed by atoms with E-state index >= 15 is 0 Å². The van der Waals surface area contributed by atoms with E-state index in [4.69, 9.17) is 0 Å². The van der Waals surface area contributed by atoms with E-state index < -0.39 is 17.9 Å². The van der Waals surface area contributed by atoms with Crippen molar-refractivity contribution in [3.8, 4) is 5.69 Å². The van der Waals surface area contributed by atoms with Crippen LogP contribution in [0.5, 0.6) is 0 Å². The second-order valence-electron chi connectivity index (χ2n) is 5.57. The van der Waals surface area contributed by atoms with Crippen LogP contribution in [0.3, 0.4) is 0 Å².